The van der Waals surface area contributed by atoms with Crippen LogP contribution in [-0.2, 0) is 6.18 Å². The number of alkyl halides is 3. The number of hydrogen-bond acceptors (Lipinski definition) is 1. The fourth-order valence-electron chi connectivity index (χ4n) is 1.77. The van der Waals surface area contributed by atoms with E-state index in [0.717, 1.165) is 10.6 Å². The second kappa shape index (κ2) is 3.51. The summed E-state index contributed by atoms with van der Waals surface area (Å²) in [5.41, 5.74) is -0.699. The van der Waals surface area contributed by atoms with Gasteiger partial charge in [-0.1, -0.05) is 0 Å². The number of carbonyl (C=O) groups is 1. The monoisotopic (exact) mass is 243 g/mol. The van der Waals surface area contributed by atoms with Crippen LogP contribution in [0.3, 0.4) is 0 Å². The Balaban J connectivity index is 2.77. The van der Waals surface area contributed by atoms with Gasteiger partial charge in [-0.2, -0.15) is 13.2 Å². The van der Waals surface area contributed by atoms with E-state index < -0.39 is 17.8 Å². The van der Waals surface area contributed by atoms with E-state index in [1.807, 2.05) is 0 Å². The SMILES string of the molecule is Cc1cc2ccn(C(=O)O)c2cc1C(F)(F)F. The molecule has 0 aliphatic rings. The summed E-state index contributed by atoms with van der Waals surface area (Å²) in [5, 5.41) is 9.29. The first kappa shape index (κ1) is 11.5. The normalized spacial score (nSPS) is 12.0. The maximum atomic E-state index is 12.7. The van der Waals surface area contributed by atoms with E-state index >= 15 is 0 Å². The maximum Gasteiger partial charge on any atom is 0.416 e. The summed E-state index contributed by atoms with van der Waals surface area (Å²) in [4.78, 5) is 10.8. The Morgan fingerprint density at radius 3 is 2.53 bits per heavy atom. The summed E-state index contributed by atoms with van der Waals surface area (Å²) in [7, 11) is 0. The molecule has 6 heteroatoms. The predicted octanol–water partition coefficient (Wildman–Crippen LogP) is 3.49. The van der Waals surface area contributed by atoms with E-state index in [0.29, 0.717) is 5.39 Å². The van der Waals surface area contributed by atoms with Crippen LogP contribution in [-0.4, -0.2) is 15.8 Å². The number of carboxylic acid groups (broad SMARTS) is 1. The van der Waals surface area contributed by atoms with Crippen molar-refractivity contribution in [2.24, 2.45) is 0 Å². The van der Waals surface area contributed by atoms with Crippen molar-refractivity contribution < 1.29 is 23.1 Å². The van der Waals surface area contributed by atoms with Crippen LogP contribution in [0.2, 0.25) is 0 Å². The number of benzene rings is 1. The van der Waals surface area contributed by atoms with Gasteiger partial charge in [0.15, 0.2) is 0 Å². The summed E-state index contributed by atoms with van der Waals surface area (Å²) >= 11 is 0. The number of aryl methyl sites for hydroxylation is 1. The first-order valence-corrected chi connectivity index (χ1v) is 4.73. The summed E-state index contributed by atoms with van der Waals surface area (Å²) < 4.78 is 38.7. The van der Waals surface area contributed by atoms with Crippen LogP contribution >= 0.6 is 0 Å². The summed E-state index contributed by atoms with van der Waals surface area (Å²) in [6.07, 6.45) is -4.56. The highest BCUT2D eigenvalue weighted by atomic mass is 19.4. The third-order valence-corrected chi connectivity index (χ3v) is 2.55. The lowest BCUT2D eigenvalue weighted by Crippen LogP contribution is -2.10. The zero-order chi connectivity index (χ0) is 12.8. The third kappa shape index (κ3) is 1.86. The second-order valence-corrected chi connectivity index (χ2v) is 3.69. The molecule has 0 radical (unpaired) electrons. The Labute approximate surface area is 94.1 Å². The molecule has 0 saturated carbocycles. The predicted molar refractivity (Wildman–Crippen MR) is 55.1 cm³/mol. The van der Waals surface area contributed by atoms with Gasteiger partial charge in [0.2, 0.25) is 0 Å². The van der Waals surface area contributed by atoms with Crippen molar-refractivity contribution in [1.29, 1.82) is 0 Å². The topological polar surface area (TPSA) is 42.2 Å². The highest BCUT2D eigenvalue weighted by Crippen LogP contribution is 2.34. The van der Waals surface area contributed by atoms with E-state index in [4.69, 9.17) is 5.11 Å². The summed E-state index contributed by atoms with van der Waals surface area (Å²) in [6.45, 7) is 1.35. The van der Waals surface area contributed by atoms with Gasteiger partial charge < -0.3 is 5.11 Å². The van der Waals surface area contributed by atoms with E-state index in [1.54, 1.807) is 0 Å². The highest BCUT2D eigenvalue weighted by molar-refractivity contribution is 5.89. The molecule has 1 aromatic carbocycles. The number of nitrogens with zero attached hydrogens (tertiary/aromatic N) is 1. The van der Waals surface area contributed by atoms with Crippen LogP contribution < -0.4 is 0 Å². The summed E-state index contributed by atoms with van der Waals surface area (Å²) in [6, 6.07) is 3.66. The molecule has 0 aliphatic heterocycles. The zero-order valence-corrected chi connectivity index (χ0v) is 8.75. The number of rotatable bonds is 0. The molecule has 17 heavy (non-hydrogen) atoms. The number of halogens is 3. The second-order valence-electron chi connectivity index (χ2n) is 3.69. The molecule has 0 bridgehead atoms. The molecule has 0 aliphatic carbocycles. The fraction of sp³-hybridized carbons (Fsp3) is 0.182. The molecule has 2 rings (SSSR count). The van der Waals surface area contributed by atoms with Crippen LogP contribution in [0.25, 0.3) is 10.9 Å². The molecule has 1 heterocycles. The minimum atomic E-state index is -4.48. The molecule has 0 fully saturated rings. The first-order chi connectivity index (χ1) is 7.80. The van der Waals surface area contributed by atoms with Gasteiger partial charge in [-0.15, -0.1) is 0 Å². The largest absolute Gasteiger partial charge is 0.464 e. The molecule has 0 unspecified atom stereocenters. The molecule has 0 amide bonds. The molecule has 90 valence electrons. The minimum Gasteiger partial charge on any atom is -0.464 e. The van der Waals surface area contributed by atoms with Crippen LogP contribution in [0.4, 0.5) is 18.0 Å². The van der Waals surface area contributed by atoms with Crippen molar-refractivity contribution in [3.05, 3.63) is 35.5 Å². The van der Waals surface area contributed by atoms with Gasteiger partial charge in [0.05, 0.1) is 11.1 Å². The Hall–Kier alpha value is -1.98. The average Bonchev–Trinajstić information content (AvgIpc) is 2.57. The third-order valence-electron chi connectivity index (χ3n) is 2.55. The average molecular weight is 243 g/mol. The van der Waals surface area contributed by atoms with E-state index in [1.165, 1.54) is 25.3 Å². The Bertz CT molecular complexity index is 599. The molecular formula is C11H8F3NO2. The van der Waals surface area contributed by atoms with Crippen LogP contribution in [0, 0.1) is 6.92 Å². The zero-order valence-electron chi connectivity index (χ0n) is 8.75. The fourth-order valence-corrected chi connectivity index (χ4v) is 1.77. The van der Waals surface area contributed by atoms with Gasteiger partial charge in [-0.05, 0) is 30.7 Å². The van der Waals surface area contributed by atoms with Crippen molar-refractivity contribution in [3.8, 4) is 0 Å². The van der Waals surface area contributed by atoms with Crippen molar-refractivity contribution in [3.63, 3.8) is 0 Å². The van der Waals surface area contributed by atoms with Gasteiger partial charge >= 0.3 is 12.3 Å². The number of aromatic nitrogens is 1. The van der Waals surface area contributed by atoms with Crippen molar-refractivity contribution in [2.75, 3.05) is 0 Å². The lowest BCUT2D eigenvalue weighted by molar-refractivity contribution is -0.137. The van der Waals surface area contributed by atoms with Crippen molar-refractivity contribution in [2.45, 2.75) is 13.1 Å². The smallest absolute Gasteiger partial charge is 0.416 e. The van der Waals surface area contributed by atoms with Crippen LogP contribution in [0.15, 0.2) is 24.4 Å². The molecule has 0 atom stereocenters. The first-order valence-electron chi connectivity index (χ1n) is 4.73. The molecular weight excluding hydrogens is 235 g/mol. The molecule has 0 saturated heterocycles. The Morgan fingerprint density at radius 1 is 1.35 bits per heavy atom. The molecule has 1 aromatic heterocycles. The van der Waals surface area contributed by atoms with Gasteiger partial charge in [-0.3, -0.25) is 4.57 Å². The Kier molecular flexibility index (Phi) is 2.38. The van der Waals surface area contributed by atoms with E-state index in [-0.39, 0.29) is 11.1 Å². The standard InChI is InChI=1S/C11H8F3NO2/c1-6-4-7-2-3-15(10(16)17)9(7)5-8(6)11(12,13)14/h2-5H,1H3,(H,16,17). The summed E-state index contributed by atoms with van der Waals surface area (Å²) in [5.74, 6) is 0. The number of hydrogen-bond donors (Lipinski definition) is 1. The highest BCUT2D eigenvalue weighted by Gasteiger charge is 2.33. The van der Waals surface area contributed by atoms with Gasteiger partial charge in [-0.25, -0.2) is 4.79 Å². The van der Waals surface area contributed by atoms with Crippen molar-refractivity contribution >= 4 is 17.0 Å². The van der Waals surface area contributed by atoms with Crippen LogP contribution in [0.1, 0.15) is 11.1 Å². The lowest BCUT2D eigenvalue weighted by Gasteiger charge is -2.10. The van der Waals surface area contributed by atoms with Gasteiger partial charge in [0.1, 0.15) is 0 Å². The molecule has 3 nitrogen and oxygen atoms in total. The van der Waals surface area contributed by atoms with Crippen molar-refractivity contribution in [1.82, 2.24) is 4.57 Å². The maximum absolute atomic E-state index is 12.7. The minimum absolute atomic E-state index is 0.0374. The molecule has 1 N–H and O–H groups in total. The quantitative estimate of drug-likeness (QED) is 0.769. The van der Waals surface area contributed by atoms with Gasteiger partial charge in [0, 0.05) is 11.6 Å². The lowest BCUT2D eigenvalue weighted by atomic mass is 10.1. The molecule has 0 spiro atoms. The van der Waals surface area contributed by atoms with E-state index in [9.17, 15) is 18.0 Å². The molecule has 2 aromatic rings. The van der Waals surface area contributed by atoms with Gasteiger partial charge in [0.25, 0.3) is 0 Å². The Morgan fingerprint density at radius 2 is 2.00 bits per heavy atom. The number of fused-ring (bicyclic) bond motifs is 1. The van der Waals surface area contributed by atoms with E-state index in [2.05, 4.69) is 0 Å². The van der Waals surface area contributed by atoms with Crippen LogP contribution in [0.5, 0.6) is 0 Å².